The van der Waals surface area contributed by atoms with Crippen molar-refractivity contribution in [2.24, 2.45) is 0 Å². The highest BCUT2D eigenvalue weighted by molar-refractivity contribution is 9.10. The van der Waals surface area contributed by atoms with E-state index in [-0.39, 0.29) is 17.2 Å². The van der Waals surface area contributed by atoms with Gasteiger partial charge in [-0.2, -0.15) is 0 Å². The molecule has 0 atom stereocenters. The van der Waals surface area contributed by atoms with Crippen molar-refractivity contribution < 1.29 is 14.6 Å². The molecule has 0 saturated heterocycles. The van der Waals surface area contributed by atoms with E-state index in [1.165, 1.54) is 24.7 Å². The van der Waals surface area contributed by atoms with Crippen molar-refractivity contribution in [2.75, 3.05) is 0 Å². The van der Waals surface area contributed by atoms with Crippen molar-refractivity contribution >= 4 is 33.5 Å². The van der Waals surface area contributed by atoms with Crippen molar-refractivity contribution in [1.29, 1.82) is 0 Å². The molecule has 2 aromatic rings. The monoisotopic (exact) mass is 328 g/mol. The molecular weight excluding hydrogens is 323 g/mol. The maximum atomic E-state index is 10.8. The fraction of sp³-hybridized carbons (Fsp3) is 0. The number of aromatic carboxylic acids is 1. The summed E-state index contributed by atoms with van der Waals surface area (Å²) in [7, 11) is 0. The van der Waals surface area contributed by atoms with Gasteiger partial charge in [-0.15, -0.1) is 0 Å². The number of rotatable bonds is 3. The third-order valence-electron chi connectivity index (χ3n) is 1.95. The fourth-order valence-electron chi connectivity index (χ4n) is 1.18. The Labute approximate surface area is 116 Å². The topological polar surface area (TPSA) is 72.3 Å². The summed E-state index contributed by atoms with van der Waals surface area (Å²) >= 11 is 9.15. The molecule has 7 heteroatoms. The largest absolute Gasteiger partial charge is 0.478 e. The first-order chi connectivity index (χ1) is 8.56. The van der Waals surface area contributed by atoms with Crippen LogP contribution in [0.25, 0.3) is 0 Å². The van der Waals surface area contributed by atoms with Crippen LogP contribution < -0.4 is 4.74 Å². The van der Waals surface area contributed by atoms with Crippen LogP contribution in [-0.4, -0.2) is 21.0 Å². The zero-order chi connectivity index (χ0) is 13.1. The van der Waals surface area contributed by atoms with E-state index < -0.39 is 5.97 Å². The van der Waals surface area contributed by atoms with Gasteiger partial charge in [0.2, 0.25) is 5.88 Å². The van der Waals surface area contributed by atoms with Gasteiger partial charge in [0.05, 0.1) is 11.8 Å². The number of pyridine rings is 2. The average molecular weight is 330 g/mol. The number of carboxylic acids is 1. The molecule has 0 aliphatic heterocycles. The van der Waals surface area contributed by atoms with E-state index in [2.05, 4.69) is 25.9 Å². The van der Waals surface area contributed by atoms with Crippen LogP contribution in [0.2, 0.25) is 5.02 Å². The Morgan fingerprint density at radius 3 is 2.78 bits per heavy atom. The van der Waals surface area contributed by atoms with Crippen LogP contribution in [0.4, 0.5) is 0 Å². The molecule has 5 nitrogen and oxygen atoms in total. The first-order valence-electron chi connectivity index (χ1n) is 4.73. The molecule has 0 aromatic carbocycles. The quantitative estimate of drug-likeness (QED) is 0.934. The Balaban J connectivity index is 2.28. The lowest BCUT2D eigenvalue weighted by Crippen LogP contribution is -1.98. The second kappa shape index (κ2) is 5.32. The lowest BCUT2D eigenvalue weighted by atomic mass is 10.3. The Hall–Kier alpha value is -1.66. The van der Waals surface area contributed by atoms with Crippen molar-refractivity contribution in [3.8, 4) is 11.6 Å². The molecule has 0 radical (unpaired) electrons. The molecule has 0 fully saturated rings. The van der Waals surface area contributed by atoms with E-state index in [0.29, 0.717) is 5.02 Å². The van der Waals surface area contributed by atoms with Gasteiger partial charge in [-0.25, -0.2) is 9.78 Å². The van der Waals surface area contributed by atoms with Gasteiger partial charge in [-0.3, -0.25) is 4.98 Å². The van der Waals surface area contributed by atoms with Crippen LogP contribution in [0.5, 0.6) is 11.6 Å². The van der Waals surface area contributed by atoms with Gasteiger partial charge in [-0.1, -0.05) is 11.6 Å². The van der Waals surface area contributed by atoms with E-state index in [1.54, 1.807) is 6.07 Å². The van der Waals surface area contributed by atoms with Crippen LogP contribution in [0, 0.1) is 0 Å². The van der Waals surface area contributed by atoms with Gasteiger partial charge < -0.3 is 9.84 Å². The summed E-state index contributed by atoms with van der Waals surface area (Å²) in [5.41, 5.74) is 0.0285. The molecule has 2 aromatic heterocycles. The lowest BCUT2D eigenvalue weighted by Gasteiger charge is -2.06. The van der Waals surface area contributed by atoms with Crippen molar-refractivity contribution in [3.63, 3.8) is 0 Å². The molecule has 2 rings (SSSR count). The SMILES string of the molecule is O=C(O)c1cncc(Oc2ncc(Br)cc2Cl)c1. The predicted octanol–water partition coefficient (Wildman–Crippen LogP) is 3.38. The van der Waals surface area contributed by atoms with Crippen LogP contribution in [0.3, 0.4) is 0 Å². The molecule has 0 saturated carbocycles. The minimum atomic E-state index is -1.08. The Morgan fingerprint density at radius 2 is 2.11 bits per heavy atom. The smallest absolute Gasteiger partial charge is 0.337 e. The second-order valence-corrected chi connectivity index (χ2v) is 4.58. The van der Waals surface area contributed by atoms with Crippen LogP contribution in [0.15, 0.2) is 35.2 Å². The number of hydrogen-bond acceptors (Lipinski definition) is 4. The summed E-state index contributed by atoms with van der Waals surface area (Å²) < 4.78 is 6.08. The minimum absolute atomic E-state index is 0.0285. The summed E-state index contributed by atoms with van der Waals surface area (Å²) in [6, 6.07) is 2.97. The molecule has 0 spiro atoms. The zero-order valence-corrected chi connectivity index (χ0v) is 11.1. The van der Waals surface area contributed by atoms with E-state index >= 15 is 0 Å². The Kier molecular flexibility index (Phi) is 3.78. The van der Waals surface area contributed by atoms with Crippen molar-refractivity contribution in [2.45, 2.75) is 0 Å². The van der Waals surface area contributed by atoms with E-state index in [4.69, 9.17) is 21.4 Å². The van der Waals surface area contributed by atoms with Gasteiger partial charge in [0.1, 0.15) is 10.8 Å². The highest BCUT2D eigenvalue weighted by Crippen LogP contribution is 2.29. The van der Waals surface area contributed by atoms with Crippen LogP contribution in [0.1, 0.15) is 10.4 Å². The number of halogens is 2. The third-order valence-corrected chi connectivity index (χ3v) is 2.65. The number of nitrogens with zero attached hydrogens (tertiary/aromatic N) is 2. The highest BCUT2D eigenvalue weighted by atomic mass is 79.9. The van der Waals surface area contributed by atoms with Gasteiger partial charge in [0, 0.05) is 16.9 Å². The van der Waals surface area contributed by atoms with Gasteiger partial charge in [0.15, 0.2) is 0 Å². The molecule has 18 heavy (non-hydrogen) atoms. The van der Waals surface area contributed by atoms with E-state index in [0.717, 1.165) is 4.47 Å². The summed E-state index contributed by atoms with van der Waals surface area (Å²) in [5, 5.41) is 9.13. The first-order valence-corrected chi connectivity index (χ1v) is 5.90. The lowest BCUT2D eigenvalue weighted by molar-refractivity contribution is 0.0696. The zero-order valence-electron chi connectivity index (χ0n) is 8.80. The standard InChI is InChI=1S/C11H6BrClN2O3/c12-7-2-9(13)10(15-4-7)18-8-1-6(11(16)17)3-14-5-8/h1-5H,(H,16,17). The van der Waals surface area contributed by atoms with Crippen LogP contribution >= 0.6 is 27.5 Å². The molecule has 0 unspecified atom stereocenters. The van der Waals surface area contributed by atoms with Gasteiger partial charge in [0.25, 0.3) is 0 Å². The molecule has 1 N–H and O–H groups in total. The normalized spacial score (nSPS) is 10.1. The average Bonchev–Trinajstić information content (AvgIpc) is 2.33. The predicted molar refractivity (Wildman–Crippen MR) is 68.2 cm³/mol. The molecule has 92 valence electrons. The van der Waals surface area contributed by atoms with Crippen molar-refractivity contribution in [3.05, 3.63) is 45.8 Å². The highest BCUT2D eigenvalue weighted by Gasteiger charge is 2.09. The molecule has 2 heterocycles. The molecule has 0 aliphatic rings. The third kappa shape index (κ3) is 2.96. The number of ether oxygens (including phenoxy) is 1. The molecule has 0 bridgehead atoms. The maximum Gasteiger partial charge on any atom is 0.337 e. The Morgan fingerprint density at radius 1 is 1.33 bits per heavy atom. The van der Waals surface area contributed by atoms with Gasteiger partial charge in [-0.05, 0) is 28.1 Å². The minimum Gasteiger partial charge on any atom is -0.478 e. The molecule has 0 amide bonds. The second-order valence-electron chi connectivity index (χ2n) is 3.26. The summed E-state index contributed by atoms with van der Waals surface area (Å²) in [5.74, 6) is -0.640. The summed E-state index contributed by atoms with van der Waals surface area (Å²) in [6.07, 6.45) is 4.13. The molecule has 0 aliphatic carbocycles. The maximum absolute atomic E-state index is 10.8. The van der Waals surface area contributed by atoms with E-state index in [9.17, 15) is 4.79 Å². The first kappa shape index (κ1) is 12.8. The van der Waals surface area contributed by atoms with Crippen molar-refractivity contribution in [1.82, 2.24) is 9.97 Å². The van der Waals surface area contributed by atoms with Gasteiger partial charge >= 0.3 is 5.97 Å². The Bertz CT molecular complexity index is 607. The van der Waals surface area contributed by atoms with E-state index in [1.807, 2.05) is 0 Å². The van der Waals surface area contributed by atoms with Crippen LogP contribution in [-0.2, 0) is 0 Å². The molecular formula is C11H6BrClN2O3. The summed E-state index contributed by atoms with van der Waals surface area (Å²) in [4.78, 5) is 18.5. The summed E-state index contributed by atoms with van der Waals surface area (Å²) in [6.45, 7) is 0. The number of carboxylic acid groups (broad SMARTS) is 1. The fourth-order valence-corrected chi connectivity index (χ4v) is 1.85. The number of aromatic nitrogens is 2. The number of carbonyl (C=O) groups is 1. The number of hydrogen-bond donors (Lipinski definition) is 1.